The van der Waals surface area contributed by atoms with Crippen LogP contribution in [-0.4, -0.2) is 32.0 Å². The van der Waals surface area contributed by atoms with Crippen LogP contribution >= 0.6 is 11.3 Å². The summed E-state index contributed by atoms with van der Waals surface area (Å²) in [5.41, 5.74) is 2.52. The smallest absolute Gasteiger partial charge is 0.275 e. The molecule has 6 heteroatoms. The minimum atomic E-state index is -0.200. The highest BCUT2D eigenvalue weighted by Gasteiger charge is 2.20. The van der Waals surface area contributed by atoms with Crippen molar-refractivity contribution in [3.05, 3.63) is 57.8 Å². The van der Waals surface area contributed by atoms with Crippen molar-refractivity contribution in [2.45, 2.75) is 32.2 Å². The third kappa shape index (κ3) is 5.68. The van der Waals surface area contributed by atoms with E-state index < -0.39 is 0 Å². The quantitative estimate of drug-likeness (QED) is 0.626. The number of likely N-dealkylation sites (N-methyl/N-ethyl adjacent to an activating group) is 1. The van der Waals surface area contributed by atoms with Gasteiger partial charge in [0.15, 0.2) is 6.54 Å². The first-order chi connectivity index (χ1) is 12.5. The molecular formula is C20H28N3O2S+. The number of amides is 2. The number of quaternary nitrogens is 1. The van der Waals surface area contributed by atoms with E-state index in [4.69, 9.17) is 0 Å². The van der Waals surface area contributed by atoms with Gasteiger partial charge in [0.1, 0.15) is 6.04 Å². The lowest BCUT2D eigenvalue weighted by molar-refractivity contribution is -0.676. The molecule has 1 heterocycles. The van der Waals surface area contributed by atoms with Gasteiger partial charge in [-0.2, -0.15) is 0 Å². The van der Waals surface area contributed by atoms with Gasteiger partial charge >= 0.3 is 0 Å². The number of thiophene rings is 1. The van der Waals surface area contributed by atoms with Crippen LogP contribution in [0, 0.1) is 0 Å². The number of carbonyl (C=O) groups is 2. The highest BCUT2D eigenvalue weighted by Crippen LogP contribution is 2.25. The summed E-state index contributed by atoms with van der Waals surface area (Å²) in [6, 6.07) is 12.9. The zero-order valence-corrected chi connectivity index (χ0v) is 16.4. The van der Waals surface area contributed by atoms with Gasteiger partial charge in [0.2, 0.25) is 5.91 Å². The van der Waals surface area contributed by atoms with E-state index in [2.05, 4.69) is 60.2 Å². The molecule has 1 aromatic heterocycles. The average Bonchev–Trinajstić information content (AvgIpc) is 3.20. The zero-order valence-electron chi connectivity index (χ0n) is 15.6. The van der Waals surface area contributed by atoms with Gasteiger partial charge in [-0.3, -0.25) is 9.59 Å². The lowest BCUT2D eigenvalue weighted by Crippen LogP contribution is -2.87. The summed E-state index contributed by atoms with van der Waals surface area (Å²) in [6.45, 7) is 4.70. The van der Waals surface area contributed by atoms with Crippen LogP contribution in [0.3, 0.4) is 0 Å². The molecule has 2 rings (SSSR count). The van der Waals surface area contributed by atoms with Crippen molar-refractivity contribution < 1.29 is 14.9 Å². The Bertz CT molecular complexity index is 698. The largest absolute Gasteiger partial charge is 0.358 e. The van der Waals surface area contributed by atoms with Gasteiger partial charge in [-0.05, 0) is 29.3 Å². The first kappa shape index (κ1) is 20.1. The van der Waals surface area contributed by atoms with Crippen molar-refractivity contribution >= 4 is 23.2 Å². The van der Waals surface area contributed by atoms with Crippen LogP contribution in [0.2, 0.25) is 0 Å². The highest BCUT2D eigenvalue weighted by molar-refractivity contribution is 7.10. The molecule has 2 aromatic rings. The number of carbonyl (C=O) groups excluding carboxylic acids is 2. The molecule has 140 valence electrons. The van der Waals surface area contributed by atoms with Crippen LogP contribution in [0.4, 0.5) is 0 Å². The fourth-order valence-electron chi connectivity index (χ4n) is 2.72. The minimum absolute atomic E-state index is 0.0104. The van der Waals surface area contributed by atoms with Crippen LogP contribution in [-0.2, 0) is 9.59 Å². The van der Waals surface area contributed by atoms with E-state index in [9.17, 15) is 9.59 Å². The summed E-state index contributed by atoms with van der Waals surface area (Å²) in [4.78, 5) is 24.5. The maximum Gasteiger partial charge on any atom is 0.275 e. The van der Waals surface area contributed by atoms with Crippen LogP contribution in [0.5, 0.6) is 0 Å². The van der Waals surface area contributed by atoms with E-state index in [-0.39, 0.29) is 30.9 Å². The summed E-state index contributed by atoms with van der Waals surface area (Å²) in [6.07, 6.45) is 1.12. The standard InChI is InChI=1S/C20H27N3O2S/c1-4-14(2)15-7-9-16(10-8-15)20(17-6-5-11-26-17)23-13-19(25)22-12-18(24)21-3/h5-11,14,20,23H,4,12-13H2,1-3H3,(H,21,24)(H,22,25)/p+1/t14-,20+/m0/s1. The summed E-state index contributed by atoms with van der Waals surface area (Å²) < 4.78 is 0. The predicted octanol–water partition coefficient (Wildman–Crippen LogP) is 1.78. The van der Waals surface area contributed by atoms with E-state index in [1.54, 1.807) is 18.4 Å². The fraction of sp³-hybridized carbons (Fsp3) is 0.400. The maximum absolute atomic E-state index is 12.0. The molecule has 1 aromatic carbocycles. The molecule has 0 fully saturated rings. The van der Waals surface area contributed by atoms with Gasteiger partial charge in [-0.15, -0.1) is 11.3 Å². The van der Waals surface area contributed by atoms with Crippen LogP contribution < -0.4 is 16.0 Å². The van der Waals surface area contributed by atoms with Gasteiger partial charge < -0.3 is 16.0 Å². The third-order valence-electron chi connectivity index (χ3n) is 4.59. The second-order valence-corrected chi connectivity index (χ2v) is 7.34. The Kier molecular flexibility index (Phi) is 7.81. The van der Waals surface area contributed by atoms with Gasteiger partial charge in [0, 0.05) is 12.6 Å². The molecule has 26 heavy (non-hydrogen) atoms. The van der Waals surface area contributed by atoms with Crippen molar-refractivity contribution in [3.8, 4) is 0 Å². The maximum atomic E-state index is 12.0. The fourth-order valence-corrected chi connectivity index (χ4v) is 3.57. The van der Waals surface area contributed by atoms with E-state index >= 15 is 0 Å². The molecule has 0 spiro atoms. The lowest BCUT2D eigenvalue weighted by Gasteiger charge is -2.16. The lowest BCUT2D eigenvalue weighted by atomic mass is 9.95. The van der Waals surface area contributed by atoms with Gasteiger partial charge in [0.25, 0.3) is 5.91 Å². The Labute approximate surface area is 159 Å². The molecule has 2 amide bonds. The van der Waals surface area contributed by atoms with Gasteiger partial charge in [-0.1, -0.05) is 44.2 Å². The van der Waals surface area contributed by atoms with E-state index in [0.717, 1.165) is 6.42 Å². The molecule has 0 aliphatic heterocycles. The van der Waals surface area contributed by atoms with Crippen molar-refractivity contribution in [2.75, 3.05) is 20.1 Å². The molecule has 0 saturated carbocycles. The van der Waals surface area contributed by atoms with E-state index in [1.807, 2.05) is 11.4 Å². The molecule has 2 atom stereocenters. The summed E-state index contributed by atoms with van der Waals surface area (Å²) in [7, 11) is 1.55. The van der Waals surface area contributed by atoms with Crippen LogP contribution in [0.1, 0.15) is 48.2 Å². The number of benzene rings is 1. The molecule has 0 radical (unpaired) electrons. The summed E-state index contributed by atoms with van der Waals surface area (Å²) in [5.74, 6) is 0.198. The minimum Gasteiger partial charge on any atom is -0.358 e. The Balaban J connectivity index is 2.05. The third-order valence-corrected chi connectivity index (χ3v) is 5.55. The second-order valence-electron chi connectivity index (χ2n) is 6.36. The summed E-state index contributed by atoms with van der Waals surface area (Å²) >= 11 is 1.69. The van der Waals surface area contributed by atoms with Gasteiger partial charge in [-0.25, -0.2) is 0 Å². The SMILES string of the molecule is CC[C@H](C)c1ccc([C@@H]([NH2+]CC(=O)NCC(=O)NC)c2cccs2)cc1. The molecule has 0 unspecified atom stereocenters. The average molecular weight is 375 g/mol. The van der Waals surface area contributed by atoms with Crippen molar-refractivity contribution in [1.29, 1.82) is 0 Å². The second kappa shape index (κ2) is 10.1. The monoisotopic (exact) mass is 374 g/mol. The zero-order chi connectivity index (χ0) is 18.9. The highest BCUT2D eigenvalue weighted by atomic mass is 32.1. The van der Waals surface area contributed by atoms with Crippen LogP contribution in [0.15, 0.2) is 41.8 Å². The Morgan fingerprint density at radius 2 is 1.81 bits per heavy atom. The van der Waals surface area contributed by atoms with Crippen LogP contribution in [0.25, 0.3) is 0 Å². The molecule has 0 bridgehead atoms. The number of nitrogens with one attached hydrogen (secondary N) is 2. The first-order valence-electron chi connectivity index (χ1n) is 8.99. The number of rotatable bonds is 9. The van der Waals surface area contributed by atoms with Gasteiger partial charge in [0.05, 0.1) is 11.4 Å². The Morgan fingerprint density at radius 3 is 2.38 bits per heavy atom. The molecular weight excluding hydrogens is 346 g/mol. The molecule has 0 aliphatic carbocycles. The molecule has 0 aliphatic rings. The topological polar surface area (TPSA) is 74.8 Å². The van der Waals surface area contributed by atoms with E-state index in [0.29, 0.717) is 5.92 Å². The Hall–Kier alpha value is -2.18. The van der Waals surface area contributed by atoms with Crippen molar-refractivity contribution in [1.82, 2.24) is 10.6 Å². The first-order valence-corrected chi connectivity index (χ1v) is 9.87. The molecule has 4 N–H and O–H groups in total. The number of hydrogen-bond acceptors (Lipinski definition) is 3. The Morgan fingerprint density at radius 1 is 1.12 bits per heavy atom. The van der Waals surface area contributed by atoms with Crippen molar-refractivity contribution in [3.63, 3.8) is 0 Å². The number of hydrogen-bond donors (Lipinski definition) is 3. The molecule has 5 nitrogen and oxygen atoms in total. The predicted molar refractivity (Wildman–Crippen MR) is 105 cm³/mol. The van der Waals surface area contributed by atoms with E-state index in [1.165, 1.54) is 16.0 Å². The summed E-state index contributed by atoms with van der Waals surface area (Å²) in [5, 5.41) is 9.20. The molecule has 0 saturated heterocycles. The number of nitrogens with two attached hydrogens (primary N) is 1. The van der Waals surface area contributed by atoms with Crippen molar-refractivity contribution in [2.24, 2.45) is 0 Å². The normalized spacial score (nSPS) is 13.0.